The summed E-state index contributed by atoms with van der Waals surface area (Å²) in [6, 6.07) is 0.581. The second kappa shape index (κ2) is 3.34. The molecule has 0 spiro atoms. The summed E-state index contributed by atoms with van der Waals surface area (Å²) in [6.45, 7) is 0. The highest BCUT2D eigenvalue weighted by molar-refractivity contribution is 5.54. The van der Waals surface area contributed by atoms with Crippen molar-refractivity contribution in [2.75, 3.05) is 0 Å². The van der Waals surface area contributed by atoms with Gasteiger partial charge in [-0.2, -0.15) is 0 Å². The second-order valence-electron chi connectivity index (χ2n) is 5.09. The van der Waals surface area contributed by atoms with Crippen molar-refractivity contribution in [1.29, 1.82) is 0 Å². The monoisotopic (exact) mass is 207 g/mol. The Bertz CT molecular complexity index is 324. The van der Waals surface area contributed by atoms with Crippen molar-refractivity contribution in [2.24, 2.45) is 11.8 Å². The number of rotatable bonds is 3. The minimum absolute atomic E-state index is 0.194. The smallest absolute Gasteiger partial charge is 0.123 e. The highest BCUT2D eigenvalue weighted by atomic mass is 16.3. The molecule has 0 aromatic carbocycles. The van der Waals surface area contributed by atoms with Gasteiger partial charge in [-0.1, -0.05) is 0 Å². The fourth-order valence-electron chi connectivity index (χ4n) is 3.17. The molecule has 4 unspecified atom stereocenters. The Morgan fingerprint density at radius 2 is 2.27 bits per heavy atom. The van der Waals surface area contributed by atoms with Crippen molar-refractivity contribution in [3.05, 3.63) is 11.3 Å². The number of nitrogens with one attached hydrogen (secondary N) is 1. The van der Waals surface area contributed by atoms with Crippen LogP contribution >= 0.6 is 0 Å². The topological polar surface area (TPSA) is 59.2 Å². The standard InChI is InChI=1S/C12H17NO2/c14-6-7-1-2-8(5-7)12(15)9-3-4-10-11(9)13-10/h6-8,10,12-13,15H,1-5H2. The van der Waals surface area contributed by atoms with Gasteiger partial charge in [0.2, 0.25) is 0 Å². The van der Waals surface area contributed by atoms with E-state index in [4.69, 9.17) is 0 Å². The van der Waals surface area contributed by atoms with Crippen LogP contribution in [0.5, 0.6) is 0 Å². The summed E-state index contributed by atoms with van der Waals surface area (Å²) in [5, 5.41) is 13.5. The molecule has 3 rings (SSSR count). The summed E-state index contributed by atoms with van der Waals surface area (Å²) in [4.78, 5) is 10.7. The van der Waals surface area contributed by atoms with Crippen molar-refractivity contribution in [3.63, 3.8) is 0 Å². The van der Waals surface area contributed by atoms with Gasteiger partial charge in [-0.05, 0) is 43.6 Å². The Hall–Kier alpha value is -0.830. The van der Waals surface area contributed by atoms with Crippen molar-refractivity contribution in [3.8, 4) is 0 Å². The van der Waals surface area contributed by atoms with Gasteiger partial charge in [-0.15, -0.1) is 0 Å². The number of carbonyl (C=O) groups excluding carboxylic acids is 1. The molecular weight excluding hydrogens is 190 g/mol. The summed E-state index contributed by atoms with van der Waals surface area (Å²) in [7, 11) is 0. The van der Waals surface area contributed by atoms with Crippen LogP contribution in [0.1, 0.15) is 32.1 Å². The van der Waals surface area contributed by atoms with E-state index in [2.05, 4.69) is 5.32 Å². The molecule has 1 aliphatic heterocycles. The number of aliphatic hydroxyl groups excluding tert-OH is 1. The van der Waals surface area contributed by atoms with E-state index in [1.807, 2.05) is 0 Å². The first kappa shape index (κ1) is 9.40. The molecule has 0 aromatic heterocycles. The molecule has 4 atom stereocenters. The van der Waals surface area contributed by atoms with E-state index in [1.54, 1.807) is 0 Å². The van der Waals surface area contributed by atoms with Crippen LogP contribution in [-0.2, 0) is 4.79 Å². The Morgan fingerprint density at radius 3 is 2.80 bits per heavy atom. The third-order valence-electron chi connectivity index (χ3n) is 4.15. The van der Waals surface area contributed by atoms with E-state index in [0.29, 0.717) is 12.0 Å². The Kier molecular flexibility index (Phi) is 2.09. The lowest BCUT2D eigenvalue weighted by Crippen LogP contribution is -2.21. The van der Waals surface area contributed by atoms with Crippen LogP contribution in [0.2, 0.25) is 0 Å². The fourth-order valence-corrected chi connectivity index (χ4v) is 3.17. The van der Waals surface area contributed by atoms with E-state index in [-0.39, 0.29) is 12.0 Å². The predicted molar refractivity (Wildman–Crippen MR) is 56.1 cm³/mol. The molecule has 1 saturated carbocycles. The van der Waals surface area contributed by atoms with Gasteiger partial charge in [-0.3, -0.25) is 0 Å². The molecule has 0 aromatic rings. The maximum atomic E-state index is 10.7. The number of hydrogen-bond acceptors (Lipinski definition) is 3. The van der Waals surface area contributed by atoms with E-state index in [9.17, 15) is 9.90 Å². The lowest BCUT2D eigenvalue weighted by Gasteiger charge is -2.19. The summed E-state index contributed by atoms with van der Waals surface area (Å²) < 4.78 is 0. The first-order valence-corrected chi connectivity index (χ1v) is 5.92. The SMILES string of the molecule is O=CC1CCC(C(O)C2=C3NC3CC2)C1. The van der Waals surface area contributed by atoms with Gasteiger partial charge in [0.15, 0.2) is 0 Å². The zero-order chi connectivity index (χ0) is 10.4. The second-order valence-corrected chi connectivity index (χ2v) is 5.09. The maximum Gasteiger partial charge on any atom is 0.123 e. The average Bonchev–Trinajstić information content (AvgIpc) is 2.75. The normalized spacial score (nSPS) is 39.9. The van der Waals surface area contributed by atoms with E-state index < -0.39 is 0 Å². The molecular formula is C12H17NO2. The lowest BCUT2D eigenvalue weighted by atomic mass is 9.92. The van der Waals surface area contributed by atoms with Crippen molar-refractivity contribution in [1.82, 2.24) is 5.32 Å². The Labute approximate surface area is 89.6 Å². The summed E-state index contributed by atoms with van der Waals surface area (Å²) in [6.07, 6.45) is 5.83. The first-order chi connectivity index (χ1) is 7.29. The van der Waals surface area contributed by atoms with Gasteiger partial charge < -0.3 is 15.2 Å². The molecule has 0 amide bonds. The molecule has 2 fully saturated rings. The van der Waals surface area contributed by atoms with Gasteiger partial charge in [0.1, 0.15) is 6.29 Å². The number of fused-ring (bicyclic) bond motifs is 1. The molecule has 15 heavy (non-hydrogen) atoms. The van der Waals surface area contributed by atoms with Crippen LogP contribution in [0.3, 0.4) is 0 Å². The highest BCUT2D eigenvalue weighted by Gasteiger charge is 2.42. The van der Waals surface area contributed by atoms with E-state index >= 15 is 0 Å². The van der Waals surface area contributed by atoms with Gasteiger partial charge in [-0.25, -0.2) is 0 Å². The third kappa shape index (κ3) is 1.49. The van der Waals surface area contributed by atoms with Crippen molar-refractivity contribution < 1.29 is 9.90 Å². The largest absolute Gasteiger partial charge is 0.388 e. The Balaban J connectivity index is 1.68. The van der Waals surface area contributed by atoms with E-state index in [1.165, 1.54) is 11.3 Å². The summed E-state index contributed by atoms with van der Waals surface area (Å²) in [5.41, 5.74) is 2.54. The molecule has 1 saturated heterocycles. The molecule has 2 aliphatic carbocycles. The lowest BCUT2D eigenvalue weighted by molar-refractivity contribution is -0.111. The first-order valence-electron chi connectivity index (χ1n) is 5.92. The molecule has 0 bridgehead atoms. The number of carbonyl (C=O) groups is 1. The van der Waals surface area contributed by atoms with Gasteiger partial charge in [0.25, 0.3) is 0 Å². The van der Waals surface area contributed by atoms with Gasteiger partial charge in [0, 0.05) is 11.6 Å². The van der Waals surface area contributed by atoms with Crippen LogP contribution in [0.25, 0.3) is 0 Å². The summed E-state index contributed by atoms with van der Waals surface area (Å²) >= 11 is 0. The predicted octanol–water partition coefficient (Wildman–Crippen LogP) is 0.982. The van der Waals surface area contributed by atoms with Crippen LogP contribution < -0.4 is 5.32 Å². The molecule has 3 heteroatoms. The molecule has 0 radical (unpaired) electrons. The molecule has 3 aliphatic rings. The highest BCUT2D eigenvalue weighted by Crippen LogP contribution is 2.42. The molecule has 2 N–H and O–H groups in total. The number of aliphatic hydroxyl groups is 1. The van der Waals surface area contributed by atoms with Crippen LogP contribution in [0, 0.1) is 11.8 Å². The maximum absolute atomic E-state index is 10.7. The van der Waals surface area contributed by atoms with Crippen LogP contribution in [0.15, 0.2) is 11.3 Å². The molecule has 1 heterocycles. The van der Waals surface area contributed by atoms with E-state index in [0.717, 1.165) is 38.4 Å². The van der Waals surface area contributed by atoms with Gasteiger partial charge >= 0.3 is 0 Å². The fraction of sp³-hybridized carbons (Fsp3) is 0.750. The number of aldehydes is 1. The minimum atomic E-state index is -0.287. The zero-order valence-corrected chi connectivity index (χ0v) is 8.78. The summed E-state index contributed by atoms with van der Waals surface area (Å²) in [5.74, 6) is 0.517. The molecule has 82 valence electrons. The average molecular weight is 207 g/mol. The van der Waals surface area contributed by atoms with Crippen molar-refractivity contribution >= 4 is 6.29 Å². The molecule has 3 nitrogen and oxygen atoms in total. The quantitative estimate of drug-likeness (QED) is 0.536. The minimum Gasteiger partial charge on any atom is -0.388 e. The van der Waals surface area contributed by atoms with Crippen molar-refractivity contribution in [2.45, 2.75) is 44.2 Å². The number of hydrogen-bond donors (Lipinski definition) is 2. The van der Waals surface area contributed by atoms with Gasteiger partial charge in [0.05, 0.1) is 12.1 Å². The Morgan fingerprint density at radius 1 is 1.40 bits per heavy atom. The van der Waals surface area contributed by atoms with Crippen LogP contribution in [-0.4, -0.2) is 23.5 Å². The zero-order valence-electron chi connectivity index (χ0n) is 8.78. The van der Waals surface area contributed by atoms with Crippen LogP contribution in [0.4, 0.5) is 0 Å². The third-order valence-corrected chi connectivity index (χ3v) is 4.15.